The van der Waals surface area contributed by atoms with Crippen LogP contribution in [-0.2, 0) is 0 Å². The molecule has 2 aromatic rings. The van der Waals surface area contributed by atoms with E-state index in [4.69, 9.17) is 16.9 Å². The van der Waals surface area contributed by atoms with Gasteiger partial charge in [-0.15, -0.1) is 11.3 Å². The van der Waals surface area contributed by atoms with Gasteiger partial charge in [0.25, 0.3) is 0 Å². The molecule has 0 atom stereocenters. The maximum atomic E-state index is 9.09. The van der Waals surface area contributed by atoms with Crippen molar-refractivity contribution >= 4 is 33.5 Å². The fourth-order valence-corrected chi connectivity index (χ4v) is 2.18. The van der Waals surface area contributed by atoms with Crippen LogP contribution in [0.25, 0.3) is 10.6 Å². The zero-order chi connectivity index (χ0) is 11.4. The summed E-state index contributed by atoms with van der Waals surface area (Å²) in [6, 6.07) is 7.49. The molecule has 2 heterocycles. The van der Waals surface area contributed by atoms with Gasteiger partial charge in [0.15, 0.2) is 5.82 Å². The predicted molar refractivity (Wildman–Crippen MR) is 64.6 cm³/mol. The normalized spacial score (nSPS) is 11.8. The maximum Gasteiger partial charge on any atom is 0.172 e. The van der Waals surface area contributed by atoms with Gasteiger partial charge in [0, 0.05) is 17.3 Å². The van der Waals surface area contributed by atoms with E-state index in [-0.39, 0.29) is 5.03 Å². The van der Waals surface area contributed by atoms with Crippen molar-refractivity contribution in [3.63, 3.8) is 0 Å². The second-order valence-corrected chi connectivity index (χ2v) is 4.18. The SMILES string of the molecule is N#C/C(=C(/Cl)c1ncccn1)c1cccs1. The lowest BCUT2D eigenvalue weighted by Crippen LogP contribution is -1.90. The van der Waals surface area contributed by atoms with Crippen molar-refractivity contribution < 1.29 is 0 Å². The van der Waals surface area contributed by atoms with Gasteiger partial charge in [-0.25, -0.2) is 9.97 Å². The van der Waals surface area contributed by atoms with E-state index in [1.165, 1.54) is 11.3 Å². The van der Waals surface area contributed by atoms with Crippen LogP contribution in [0, 0.1) is 11.3 Å². The highest BCUT2D eigenvalue weighted by Crippen LogP contribution is 2.29. The van der Waals surface area contributed by atoms with Crippen LogP contribution >= 0.6 is 22.9 Å². The van der Waals surface area contributed by atoms with Crippen LogP contribution in [0.2, 0.25) is 0 Å². The van der Waals surface area contributed by atoms with E-state index in [9.17, 15) is 0 Å². The largest absolute Gasteiger partial charge is 0.236 e. The Hall–Kier alpha value is -1.70. The highest BCUT2D eigenvalue weighted by atomic mass is 35.5. The fourth-order valence-electron chi connectivity index (χ4n) is 1.16. The van der Waals surface area contributed by atoms with Crippen LogP contribution in [0.4, 0.5) is 0 Å². The molecule has 0 aliphatic rings. The molecule has 5 heteroatoms. The number of nitrogens with zero attached hydrogens (tertiary/aromatic N) is 3. The molecule has 0 bridgehead atoms. The average Bonchev–Trinajstić information content (AvgIpc) is 2.85. The first-order chi connectivity index (χ1) is 7.83. The first-order valence-corrected chi connectivity index (χ1v) is 5.70. The summed E-state index contributed by atoms with van der Waals surface area (Å²) < 4.78 is 0. The molecule has 78 valence electrons. The predicted octanol–water partition coefficient (Wildman–Crippen LogP) is 3.17. The summed E-state index contributed by atoms with van der Waals surface area (Å²) in [4.78, 5) is 8.84. The zero-order valence-electron chi connectivity index (χ0n) is 8.09. The van der Waals surface area contributed by atoms with E-state index < -0.39 is 0 Å². The Labute approximate surface area is 102 Å². The van der Waals surface area contributed by atoms with Gasteiger partial charge in [0.2, 0.25) is 0 Å². The molecule has 0 fully saturated rings. The first-order valence-electron chi connectivity index (χ1n) is 4.44. The van der Waals surface area contributed by atoms with Gasteiger partial charge in [-0.2, -0.15) is 5.26 Å². The van der Waals surface area contributed by atoms with Gasteiger partial charge in [0.05, 0.1) is 5.57 Å². The molecule has 0 radical (unpaired) electrons. The quantitative estimate of drug-likeness (QED) is 0.766. The summed E-state index contributed by atoms with van der Waals surface area (Å²) in [7, 11) is 0. The summed E-state index contributed by atoms with van der Waals surface area (Å²) in [5.41, 5.74) is 0.405. The first kappa shape index (κ1) is 10.8. The molecule has 0 aromatic carbocycles. The van der Waals surface area contributed by atoms with Crippen LogP contribution < -0.4 is 0 Å². The molecule has 2 aromatic heterocycles. The Kier molecular flexibility index (Phi) is 3.30. The van der Waals surface area contributed by atoms with Crippen molar-refractivity contribution in [3.05, 3.63) is 46.7 Å². The fraction of sp³-hybridized carbons (Fsp3) is 0. The van der Waals surface area contributed by atoms with Crippen molar-refractivity contribution in [1.29, 1.82) is 5.26 Å². The molecule has 2 rings (SSSR count). The number of hydrogen-bond donors (Lipinski definition) is 0. The number of hydrogen-bond acceptors (Lipinski definition) is 4. The van der Waals surface area contributed by atoms with Crippen molar-refractivity contribution in [2.24, 2.45) is 0 Å². The summed E-state index contributed by atoms with van der Waals surface area (Å²) in [5, 5.41) is 11.3. The number of halogens is 1. The lowest BCUT2D eigenvalue weighted by atomic mass is 10.2. The number of allylic oxidation sites excluding steroid dienone is 1. The Morgan fingerprint density at radius 2 is 2.06 bits per heavy atom. The lowest BCUT2D eigenvalue weighted by molar-refractivity contribution is 1.13. The number of thiophene rings is 1. The third-order valence-corrected chi connectivity index (χ3v) is 3.11. The van der Waals surface area contributed by atoms with Crippen LogP contribution in [0.15, 0.2) is 36.0 Å². The zero-order valence-corrected chi connectivity index (χ0v) is 9.66. The standard InChI is InChI=1S/C11H6ClN3S/c12-10(11-14-4-2-5-15-11)8(7-13)9-3-1-6-16-9/h1-6H/b10-8-. The van der Waals surface area contributed by atoms with Gasteiger partial charge in [0.1, 0.15) is 11.1 Å². The minimum atomic E-state index is 0.283. The van der Waals surface area contributed by atoms with Gasteiger partial charge in [-0.1, -0.05) is 17.7 Å². The third-order valence-electron chi connectivity index (χ3n) is 1.86. The molecule has 0 spiro atoms. The van der Waals surface area contributed by atoms with Crippen LogP contribution in [-0.4, -0.2) is 9.97 Å². The molecule has 0 N–H and O–H groups in total. The van der Waals surface area contributed by atoms with Crippen LogP contribution in [0.1, 0.15) is 10.7 Å². The van der Waals surface area contributed by atoms with Crippen LogP contribution in [0.5, 0.6) is 0 Å². The highest BCUT2D eigenvalue weighted by Gasteiger charge is 2.11. The Bertz CT molecular complexity index is 540. The molecule has 16 heavy (non-hydrogen) atoms. The molecular formula is C11H6ClN3S. The molecule has 0 saturated carbocycles. The second kappa shape index (κ2) is 4.88. The summed E-state index contributed by atoms with van der Waals surface area (Å²) in [5.74, 6) is 0.370. The van der Waals surface area contributed by atoms with E-state index in [1.54, 1.807) is 18.5 Å². The Morgan fingerprint density at radius 3 is 2.62 bits per heavy atom. The number of aromatic nitrogens is 2. The van der Waals surface area contributed by atoms with E-state index in [0.29, 0.717) is 11.4 Å². The van der Waals surface area contributed by atoms with Crippen molar-refractivity contribution in [1.82, 2.24) is 9.97 Å². The van der Waals surface area contributed by atoms with E-state index in [1.807, 2.05) is 17.5 Å². The Morgan fingerprint density at radius 1 is 1.31 bits per heavy atom. The number of rotatable bonds is 2. The maximum absolute atomic E-state index is 9.09. The molecular weight excluding hydrogens is 242 g/mol. The average molecular weight is 248 g/mol. The molecule has 0 aliphatic carbocycles. The smallest absolute Gasteiger partial charge is 0.172 e. The monoisotopic (exact) mass is 247 g/mol. The minimum Gasteiger partial charge on any atom is -0.236 e. The van der Waals surface area contributed by atoms with E-state index >= 15 is 0 Å². The summed E-state index contributed by atoms with van der Waals surface area (Å²) in [6.07, 6.45) is 3.18. The summed E-state index contributed by atoms with van der Waals surface area (Å²) in [6.45, 7) is 0. The van der Waals surface area contributed by atoms with E-state index in [2.05, 4.69) is 16.0 Å². The molecule has 0 saturated heterocycles. The minimum absolute atomic E-state index is 0.283. The van der Waals surface area contributed by atoms with Crippen molar-refractivity contribution in [2.75, 3.05) is 0 Å². The Balaban J connectivity index is 2.52. The van der Waals surface area contributed by atoms with Gasteiger partial charge >= 0.3 is 0 Å². The summed E-state index contributed by atoms with van der Waals surface area (Å²) >= 11 is 7.56. The van der Waals surface area contributed by atoms with Crippen LogP contribution in [0.3, 0.4) is 0 Å². The third kappa shape index (κ3) is 2.11. The van der Waals surface area contributed by atoms with E-state index in [0.717, 1.165) is 4.88 Å². The second-order valence-electron chi connectivity index (χ2n) is 2.85. The topological polar surface area (TPSA) is 49.6 Å². The number of nitriles is 1. The molecule has 0 aliphatic heterocycles. The highest BCUT2D eigenvalue weighted by molar-refractivity contribution is 7.11. The van der Waals surface area contributed by atoms with Crippen molar-refractivity contribution in [2.45, 2.75) is 0 Å². The van der Waals surface area contributed by atoms with Crippen molar-refractivity contribution in [3.8, 4) is 6.07 Å². The molecule has 0 unspecified atom stereocenters. The lowest BCUT2D eigenvalue weighted by Gasteiger charge is -1.99. The molecule has 3 nitrogen and oxygen atoms in total. The van der Waals surface area contributed by atoms with Gasteiger partial charge in [-0.3, -0.25) is 0 Å². The van der Waals surface area contributed by atoms with Gasteiger partial charge < -0.3 is 0 Å². The molecule has 0 amide bonds. The van der Waals surface area contributed by atoms with Gasteiger partial charge in [-0.05, 0) is 17.5 Å².